The van der Waals surface area contributed by atoms with Gasteiger partial charge < -0.3 is 10.4 Å². The summed E-state index contributed by atoms with van der Waals surface area (Å²) in [7, 11) is 0. The molecule has 2 unspecified atom stereocenters. The third-order valence-corrected chi connectivity index (χ3v) is 5.77. The molecule has 1 saturated heterocycles. The lowest BCUT2D eigenvalue weighted by atomic mass is 9.88. The van der Waals surface area contributed by atoms with Gasteiger partial charge in [-0.05, 0) is 62.9 Å². The number of piperidine rings is 1. The average molecular weight is 348 g/mol. The van der Waals surface area contributed by atoms with Crippen molar-refractivity contribution in [3.63, 3.8) is 0 Å². The number of benzene rings is 1. The van der Waals surface area contributed by atoms with E-state index in [1.165, 1.54) is 12.5 Å². The topological polar surface area (TPSA) is 52.6 Å². The molecule has 0 spiro atoms. The zero-order chi connectivity index (χ0) is 17.8. The van der Waals surface area contributed by atoms with Gasteiger partial charge in [0.25, 0.3) is 0 Å². The Morgan fingerprint density at radius 2 is 1.96 bits per heavy atom. The van der Waals surface area contributed by atoms with Crippen molar-refractivity contribution in [3.8, 4) is 0 Å². The number of aryl methyl sites for hydroxylation is 1. The molecule has 0 bridgehead atoms. The second-order valence-corrected chi connectivity index (χ2v) is 7.53. The average Bonchev–Trinajstić information content (AvgIpc) is 2.63. The van der Waals surface area contributed by atoms with Crippen LogP contribution in [-0.2, 0) is 11.3 Å². The summed E-state index contributed by atoms with van der Waals surface area (Å²) in [5.74, 6) is -0.150. The maximum Gasteiger partial charge on any atom is 0.223 e. The number of carbonyl (C=O) groups is 1. The van der Waals surface area contributed by atoms with Crippen molar-refractivity contribution >= 4 is 5.91 Å². The Hall–Kier alpha value is -1.46. The molecule has 1 aliphatic carbocycles. The van der Waals surface area contributed by atoms with Crippen LogP contribution < -0.4 is 5.32 Å². The fourth-order valence-electron chi connectivity index (χ4n) is 4.09. The van der Waals surface area contributed by atoms with Gasteiger partial charge in [0.05, 0.1) is 6.10 Å². The summed E-state index contributed by atoms with van der Waals surface area (Å²) in [4.78, 5) is 14.8. The number of halogens is 1. The minimum atomic E-state index is -0.230. The van der Waals surface area contributed by atoms with Gasteiger partial charge in [-0.3, -0.25) is 9.69 Å². The highest BCUT2D eigenvalue weighted by atomic mass is 19.1. The second kappa shape index (κ2) is 8.28. The van der Waals surface area contributed by atoms with Gasteiger partial charge in [-0.2, -0.15) is 0 Å². The lowest BCUT2D eigenvalue weighted by molar-refractivity contribution is -0.127. The monoisotopic (exact) mass is 348 g/mol. The normalized spacial score (nSPS) is 25.7. The minimum absolute atomic E-state index is 0.0206. The third-order valence-electron chi connectivity index (χ3n) is 5.77. The molecule has 0 aromatic heterocycles. The summed E-state index contributed by atoms with van der Waals surface area (Å²) in [5.41, 5.74) is 1.41. The molecule has 25 heavy (non-hydrogen) atoms. The first-order valence-electron chi connectivity index (χ1n) is 9.49. The summed E-state index contributed by atoms with van der Waals surface area (Å²) in [6.45, 7) is 3.85. The molecule has 2 fully saturated rings. The molecular formula is C20H29FN2O2. The van der Waals surface area contributed by atoms with Crippen molar-refractivity contribution in [1.29, 1.82) is 0 Å². The van der Waals surface area contributed by atoms with Gasteiger partial charge in [0.1, 0.15) is 5.82 Å². The first-order valence-corrected chi connectivity index (χ1v) is 9.49. The molecule has 2 atom stereocenters. The smallest absolute Gasteiger partial charge is 0.223 e. The zero-order valence-electron chi connectivity index (χ0n) is 15.0. The molecule has 4 nitrogen and oxygen atoms in total. The van der Waals surface area contributed by atoms with Gasteiger partial charge in [-0.15, -0.1) is 0 Å². The van der Waals surface area contributed by atoms with Crippen LogP contribution in [0.5, 0.6) is 0 Å². The molecule has 1 heterocycles. The Morgan fingerprint density at radius 3 is 2.64 bits per heavy atom. The van der Waals surface area contributed by atoms with Crippen molar-refractivity contribution in [1.82, 2.24) is 10.2 Å². The summed E-state index contributed by atoms with van der Waals surface area (Å²) in [5, 5.41) is 13.1. The van der Waals surface area contributed by atoms with Crippen molar-refractivity contribution in [3.05, 3.63) is 35.1 Å². The number of carbonyl (C=O) groups excluding carboxylic acids is 1. The molecule has 1 saturated carbocycles. The number of aliphatic hydroxyl groups is 1. The molecule has 1 aliphatic heterocycles. The molecule has 1 amide bonds. The lowest BCUT2D eigenvalue weighted by Gasteiger charge is -2.41. The summed E-state index contributed by atoms with van der Waals surface area (Å²) in [6, 6.07) is 5.35. The number of nitrogens with zero attached hydrogens (tertiary/aromatic N) is 1. The first-order chi connectivity index (χ1) is 12.0. The van der Waals surface area contributed by atoms with E-state index in [2.05, 4.69) is 10.2 Å². The van der Waals surface area contributed by atoms with Gasteiger partial charge in [-0.1, -0.05) is 25.0 Å². The highest BCUT2D eigenvalue weighted by Crippen LogP contribution is 2.27. The predicted octanol–water partition coefficient (Wildman–Crippen LogP) is 2.77. The van der Waals surface area contributed by atoms with Crippen LogP contribution in [0.2, 0.25) is 0 Å². The van der Waals surface area contributed by atoms with E-state index in [0.717, 1.165) is 50.8 Å². The summed E-state index contributed by atoms with van der Waals surface area (Å²) >= 11 is 0. The van der Waals surface area contributed by atoms with Crippen LogP contribution in [0.3, 0.4) is 0 Å². The van der Waals surface area contributed by atoms with Crippen LogP contribution in [0.1, 0.15) is 49.7 Å². The predicted molar refractivity (Wildman–Crippen MR) is 95.5 cm³/mol. The van der Waals surface area contributed by atoms with E-state index in [1.807, 2.05) is 6.07 Å². The fourth-order valence-corrected chi connectivity index (χ4v) is 4.09. The SMILES string of the molecule is Cc1ccc(CNC(=O)C2CCN(C3CCCCC3O)CC2)cc1F. The van der Waals surface area contributed by atoms with Crippen LogP contribution in [0, 0.1) is 18.7 Å². The van der Waals surface area contributed by atoms with Gasteiger partial charge >= 0.3 is 0 Å². The first kappa shape index (κ1) is 18.3. The van der Waals surface area contributed by atoms with Crippen LogP contribution in [0.25, 0.3) is 0 Å². The molecule has 1 aromatic carbocycles. The molecule has 5 heteroatoms. The largest absolute Gasteiger partial charge is 0.391 e. The highest BCUT2D eigenvalue weighted by Gasteiger charge is 2.33. The van der Waals surface area contributed by atoms with E-state index < -0.39 is 0 Å². The van der Waals surface area contributed by atoms with E-state index >= 15 is 0 Å². The third kappa shape index (κ3) is 4.59. The maximum absolute atomic E-state index is 13.6. The molecule has 2 N–H and O–H groups in total. The lowest BCUT2D eigenvalue weighted by Crippen LogP contribution is -2.50. The molecular weight excluding hydrogens is 319 g/mol. The Labute approximate surface area is 149 Å². The minimum Gasteiger partial charge on any atom is -0.391 e. The van der Waals surface area contributed by atoms with Gasteiger partial charge in [0, 0.05) is 18.5 Å². The number of hydrogen-bond acceptors (Lipinski definition) is 3. The molecule has 2 aliphatic rings. The Bertz CT molecular complexity index is 599. The zero-order valence-corrected chi connectivity index (χ0v) is 15.0. The van der Waals surface area contributed by atoms with Gasteiger partial charge in [-0.25, -0.2) is 4.39 Å². The Morgan fingerprint density at radius 1 is 1.24 bits per heavy atom. The maximum atomic E-state index is 13.6. The van der Waals surface area contributed by atoms with E-state index in [9.17, 15) is 14.3 Å². The van der Waals surface area contributed by atoms with E-state index in [-0.39, 0.29) is 29.8 Å². The van der Waals surface area contributed by atoms with E-state index in [4.69, 9.17) is 0 Å². The number of rotatable bonds is 4. The molecule has 138 valence electrons. The van der Waals surface area contributed by atoms with Crippen LogP contribution >= 0.6 is 0 Å². The second-order valence-electron chi connectivity index (χ2n) is 7.53. The molecule has 0 radical (unpaired) electrons. The van der Waals surface area contributed by atoms with Gasteiger partial charge in [0.2, 0.25) is 5.91 Å². The van der Waals surface area contributed by atoms with Crippen molar-refractivity contribution in [2.75, 3.05) is 13.1 Å². The standard InChI is InChI=1S/C20H29FN2O2/c1-14-6-7-15(12-17(14)21)13-22-20(25)16-8-10-23(11-9-16)18-4-2-3-5-19(18)24/h6-7,12,16,18-19,24H,2-5,8-11,13H2,1H3,(H,22,25). The number of amides is 1. The molecule has 1 aromatic rings. The Kier molecular flexibility index (Phi) is 6.07. The van der Waals surface area contributed by atoms with Crippen LogP contribution in [0.15, 0.2) is 18.2 Å². The van der Waals surface area contributed by atoms with Crippen molar-refractivity contribution in [2.45, 2.75) is 64.1 Å². The van der Waals surface area contributed by atoms with E-state index in [1.54, 1.807) is 13.0 Å². The highest BCUT2D eigenvalue weighted by molar-refractivity contribution is 5.78. The quantitative estimate of drug-likeness (QED) is 0.880. The van der Waals surface area contributed by atoms with E-state index in [0.29, 0.717) is 12.1 Å². The fraction of sp³-hybridized carbons (Fsp3) is 0.650. The van der Waals surface area contributed by atoms with Crippen molar-refractivity contribution < 1.29 is 14.3 Å². The number of aliphatic hydroxyl groups excluding tert-OH is 1. The number of likely N-dealkylation sites (tertiary alicyclic amines) is 1. The summed E-state index contributed by atoms with van der Waals surface area (Å²) in [6.07, 6.45) is 5.73. The summed E-state index contributed by atoms with van der Waals surface area (Å²) < 4.78 is 13.6. The van der Waals surface area contributed by atoms with Crippen LogP contribution in [0.4, 0.5) is 4.39 Å². The Balaban J connectivity index is 1.45. The van der Waals surface area contributed by atoms with Gasteiger partial charge in [0.15, 0.2) is 0 Å². The number of hydrogen-bond donors (Lipinski definition) is 2. The molecule has 3 rings (SSSR count). The number of nitrogens with one attached hydrogen (secondary N) is 1. The van der Waals surface area contributed by atoms with Crippen molar-refractivity contribution in [2.24, 2.45) is 5.92 Å². The van der Waals surface area contributed by atoms with Crippen LogP contribution in [-0.4, -0.2) is 41.1 Å².